The first-order valence-electron chi connectivity index (χ1n) is 6.14. The van der Waals surface area contributed by atoms with E-state index >= 15 is 0 Å². The Bertz CT molecular complexity index is 572. The molecule has 2 aromatic rings. The molecule has 0 bridgehead atoms. The number of hydrogen-bond donors (Lipinski definition) is 1. The summed E-state index contributed by atoms with van der Waals surface area (Å²) < 4.78 is 19.2. The van der Waals surface area contributed by atoms with Gasteiger partial charge in [0.15, 0.2) is 0 Å². The molecular weight excluding hydrogens is 243 g/mol. The topological polar surface area (TPSA) is 38.5 Å². The second kappa shape index (κ2) is 5.61. The third-order valence-electron chi connectivity index (χ3n) is 2.90. The van der Waals surface area contributed by atoms with Crippen LogP contribution in [0.2, 0.25) is 0 Å². The van der Waals surface area contributed by atoms with Crippen LogP contribution in [0.4, 0.5) is 21.5 Å². The lowest BCUT2D eigenvalue weighted by molar-refractivity contribution is 0.342. The van der Waals surface area contributed by atoms with Crippen LogP contribution < -0.4 is 15.4 Å². The van der Waals surface area contributed by atoms with Gasteiger partial charge in [-0.05, 0) is 31.2 Å². The minimum Gasteiger partial charge on any atom is -0.492 e. The van der Waals surface area contributed by atoms with E-state index in [0.717, 1.165) is 5.69 Å². The molecule has 4 heteroatoms. The van der Waals surface area contributed by atoms with Gasteiger partial charge in [-0.1, -0.05) is 12.1 Å². The summed E-state index contributed by atoms with van der Waals surface area (Å²) in [5, 5.41) is 0. The summed E-state index contributed by atoms with van der Waals surface area (Å²) in [6.45, 7) is 2.43. The molecule has 19 heavy (non-hydrogen) atoms. The zero-order valence-electron chi connectivity index (χ0n) is 11.1. The van der Waals surface area contributed by atoms with Crippen LogP contribution in [-0.4, -0.2) is 13.7 Å². The Morgan fingerprint density at radius 2 is 1.95 bits per heavy atom. The summed E-state index contributed by atoms with van der Waals surface area (Å²) in [6, 6.07) is 12.0. The fourth-order valence-electron chi connectivity index (χ4n) is 1.88. The van der Waals surface area contributed by atoms with E-state index in [2.05, 4.69) is 0 Å². The van der Waals surface area contributed by atoms with Crippen molar-refractivity contribution in [3.63, 3.8) is 0 Å². The molecule has 0 aliphatic heterocycles. The number of nitrogens with zero attached hydrogens (tertiary/aromatic N) is 1. The highest BCUT2D eigenvalue weighted by Gasteiger charge is 2.10. The number of ether oxygens (including phenoxy) is 1. The van der Waals surface area contributed by atoms with Crippen molar-refractivity contribution in [2.24, 2.45) is 0 Å². The van der Waals surface area contributed by atoms with E-state index in [1.54, 1.807) is 36.2 Å². The van der Waals surface area contributed by atoms with Crippen molar-refractivity contribution in [3.05, 3.63) is 48.3 Å². The van der Waals surface area contributed by atoms with Gasteiger partial charge in [-0.25, -0.2) is 4.39 Å². The lowest BCUT2D eigenvalue weighted by Crippen LogP contribution is -2.11. The maximum Gasteiger partial charge on any atom is 0.146 e. The summed E-state index contributed by atoms with van der Waals surface area (Å²) in [5.41, 5.74) is 7.73. The van der Waals surface area contributed by atoms with E-state index in [-0.39, 0.29) is 5.82 Å². The number of anilines is 3. The number of halogens is 1. The normalized spacial score (nSPS) is 10.3. The molecule has 0 radical (unpaired) electrons. The maximum atomic E-state index is 13.8. The standard InChI is InChI=1S/C15H17FN2O/c1-3-19-15-10-11(8-9-13(15)17)18(2)14-7-5-4-6-12(14)16/h4-10H,3,17H2,1-2H3. The van der Waals surface area contributed by atoms with Crippen molar-refractivity contribution >= 4 is 17.1 Å². The van der Waals surface area contributed by atoms with Crippen LogP contribution in [0, 0.1) is 5.82 Å². The first kappa shape index (κ1) is 13.2. The van der Waals surface area contributed by atoms with Crippen LogP contribution >= 0.6 is 0 Å². The Kier molecular flexibility index (Phi) is 3.90. The van der Waals surface area contributed by atoms with Crippen molar-refractivity contribution in [2.75, 3.05) is 24.3 Å². The smallest absolute Gasteiger partial charge is 0.146 e. The quantitative estimate of drug-likeness (QED) is 0.854. The first-order valence-corrected chi connectivity index (χ1v) is 6.14. The van der Waals surface area contributed by atoms with Crippen LogP contribution in [0.25, 0.3) is 0 Å². The van der Waals surface area contributed by atoms with Crippen molar-refractivity contribution in [1.82, 2.24) is 0 Å². The van der Waals surface area contributed by atoms with Crippen molar-refractivity contribution in [2.45, 2.75) is 6.92 Å². The predicted octanol–water partition coefficient (Wildman–Crippen LogP) is 3.57. The lowest BCUT2D eigenvalue weighted by atomic mass is 10.2. The molecule has 0 aliphatic carbocycles. The SMILES string of the molecule is CCOc1cc(N(C)c2ccccc2F)ccc1N. The summed E-state index contributed by atoms with van der Waals surface area (Å²) in [7, 11) is 1.81. The fraction of sp³-hybridized carbons (Fsp3) is 0.200. The molecule has 0 saturated carbocycles. The van der Waals surface area contributed by atoms with Crippen LogP contribution in [-0.2, 0) is 0 Å². The summed E-state index contributed by atoms with van der Waals surface area (Å²) in [4.78, 5) is 1.76. The predicted molar refractivity (Wildman–Crippen MR) is 76.5 cm³/mol. The Hall–Kier alpha value is -2.23. The third-order valence-corrected chi connectivity index (χ3v) is 2.90. The molecular formula is C15H17FN2O. The Labute approximate surface area is 112 Å². The maximum absolute atomic E-state index is 13.8. The fourth-order valence-corrected chi connectivity index (χ4v) is 1.88. The minimum absolute atomic E-state index is 0.264. The Morgan fingerprint density at radius 1 is 1.21 bits per heavy atom. The highest BCUT2D eigenvalue weighted by Crippen LogP contribution is 2.31. The van der Waals surface area contributed by atoms with Crippen LogP contribution in [0.5, 0.6) is 5.75 Å². The number of hydrogen-bond acceptors (Lipinski definition) is 3. The van der Waals surface area contributed by atoms with Gasteiger partial charge in [-0.15, -0.1) is 0 Å². The largest absolute Gasteiger partial charge is 0.492 e. The molecule has 0 fully saturated rings. The molecule has 2 rings (SSSR count). The number of nitrogen functional groups attached to an aromatic ring is 1. The average molecular weight is 260 g/mol. The summed E-state index contributed by atoms with van der Waals surface area (Å²) in [6.07, 6.45) is 0. The molecule has 0 unspecified atom stereocenters. The molecule has 0 heterocycles. The van der Waals surface area contributed by atoms with Gasteiger partial charge in [0.25, 0.3) is 0 Å². The van der Waals surface area contributed by atoms with Gasteiger partial charge in [0, 0.05) is 18.8 Å². The van der Waals surface area contributed by atoms with E-state index in [4.69, 9.17) is 10.5 Å². The van der Waals surface area contributed by atoms with Crippen molar-refractivity contribution < 1.29 is 9.13 Å². The average Bonchev–Trinajstić information content (AvgIpc) is 2.41. The number of rotatable bonds is 4. The second-order valence-electron chi connectivity index (χ2n) is 4.17. The van der Waals surface area contributed by atoms with Crippen molar-refractivity contribution in [3.8, 4) is 5.75 Å². The number of benzene rings is 2. The molecule has 0 aromatic heterocycles. The van der Waals surface area contributed by atoms with Crippen LogP contribution in [0.3, 0.4) is 0 Å². The minimum atomic E-state index is -0.264. The van der Waals surface area contributed by atoms with Crippen LogP contribution in [0.15, 0.2) is 42.5 Å². The highest BCUT2D eigenvalue weighted by molar-refractivity contribution is 5.68. The molecule has 0 spiro atoms. The van der Waals surface area contributed by atoms with E-state index in [9.17, 15) is 4.39 Å². The summed E-state index contributed by atoms with van der Waals surface area (Å²) in [5.74, 6) is 0.350. The number of nitrogens with two attached hydrogens (primary N) is 1. The van der Waals surface area contributed by atoms with Gasteiger partial charge in [0.1, 0.15) is 11.6 Å². The molecule has 0 amide bonds. The van der Waals surface area contributed by atoms with Gasteiger partial charge in [0.05, 0.1) is 18.0 Å². The van der Waals surface area contributed by atoms with E-state index in [1.165, 1.54) is 6.07 Å². The van der Waals surface area contributed by atoms with Gasteiger partial charge >= 0.3 is 0 Å². The lowest BCUT2D eigenvalue weighted by Gasteiger charge is -2.21. The van der Waals surface area contributed by atoms with Gasteiger partial charge in [-0.3, -0.25) is 0 Å². The highest BCUT2D eigenvalue weighted by atomic mass is 19.1. The Morgan fingerprint density at radius 3 is 2.63 bits per heavy atom. The van der Waals surface area contributed by atoms with Gasteiger partial charge < -0.3 is 15.4 Å². The van der Waals surface area contributed by atoms with E-state index < -0.39 is 0 Å². The molecule has 2 N–H and O–H groups in total. The second-order valence-corrected chi connectivity index (χ2v) is 4.17. The third kappa shape index (κ3) is 2.78. The van der Waals surface area contributed by atoms with Crippen molar-refractivity contribution in [1.29, 1.82) is 0 Å². The molecule has 2 aromatic carbocycles. The summed E-state index contributed by atoms with van der Waals surface area (Å²) >= 11 is 0. The van der Waals surface area contributed by atoms with Gasteiger partial charge in [0.2, 0.25) is 0 Å². The molecule has 0 saturated heterocycles. The molecule has 100 valence electrons. The van der Waals surface area contributed by atoms with E-state index in [1.807, 2.05) is 19.1 Å². The van der Waals surface area contributed by atoms with E-state index in [0.29, 0.717) is 23.7 Å². The first-order chi connectivity index (χ1) is 9.13. The zero-order valence-corrected chi connectivity index (χ0v) is 11.1. The Balaban J connectivity index is 2.36. The molecule has 0 aliphatic rings. The van der Waals surface area contributed by atoms with Gasteiger partial charge in [-0.2, -0.15) is 0 Å². The monoisotopic (exact) mass is 260 g/mol. The van der Waals surface area contributed by atoms with Crippen LogP contribution in [0.1, 0.15) is 6.92 Å². The number of para-hydroxylation sites is 1. The molecule has 0 atom stereocenters. The molecule has 3 nitrogen and oxygen atoms in total. The zero-order chi connectivity index (χ0) is 13.8.